The second kappa shape index (κ2) is 7.87. The monoisotopic (exact) mass is 350 g/mol. The van der Waals surface area contributed by atoms with Crippen molar-refractivity contribution < 1.29 is 13.9 Å². The highest BCUT2D eigenvalue weighted by molar-refractivity contribution is 6.00. The molecule has 1 N–H and O–H groups in total. The van der Waals surface area contributed by atoms with Gasteiger partial charge in [-0.05, 0) is 42.3 Å². The first-order chi connectivity index (χ1) is 12.6. The van der Waals surface area contributed by atoms with Crippen molar-refractivity contribution in [3.8, 4) is 28.5 Å². The normalized spacial score (nSPS) is 10.8. The SMILES string of the molecule is COc1ccc(-c2cnc(-c3ccccc3C(=O)NCC(C)C)o2)cc1. The van der Waals surface area contributed by atoms with Crippen LogP contribution >= 0.6 is 0 Å². The van der Waals surface area contributed by atoms with Gasteiger partial charge in [0.05, 0.1) is 18.9 Å². The van der Waals surface area contributed by atoms with E-state index in [4.69, 9.17) is 9.15 Å². The summed E-state index contributed by atoms with van der Waals surface area (Å²) in [6.07, 6.45) is 1.67. The number of carbonyl (C=O) groups is 1. The number of hydrogen-bond acceptors (Lipinski definition) is 4. The Morgan fingerprint density at radius 2 is 1.88 bits per heavy atom. The van der Waals surface area contributed by atoms with E-state index in [1.54, 1.807) is 19.4 Å². The molecule has 5 heteroatoms. The molecule has 0 unspecified atom stereocenters. The van der Waals surface area contributed by atoms with Gasteiger partial charge in [0.1, 0.15) is 5.75 Å². The van der Waals surface area contributed by atoms with Crippen molar-refractivity contribution in [2.45, 2.75) is 13.8 Å². The number of oxazole rings is 1. The highest BCUT2D eigenvalue weighted by Crippen LogP contribution is 2.29. The minimum Gasteiger partial charge on any atom is -0.497 e. The van der Waals surface area contributed by atoms with Gasteiger partial charge in [0.2, 0.25) is 5.89 Å². The van der Waals surface area contributed by atoms with Crippen LogP contribution in [0.1, 0.15) is 24.2 Å². The van der Waals surface area contributed by atoms with Gasteiger partial charge in [-0.15, -0.1) is 0 Å². The highest BCUT2D eigenvalue weighted by Gasteiger charge is 2.17. The van der Waals surface area contributed by atoms with E-state index in [9.17, 15) is 4.79 Å². The van der Waals surface area contributed by atoms with E-state index >= 15 is 0 Å². The second-order valence-corrected chi connectivity index (χ2v) is 6.41. The molecule has 3 rings (SSSR count). The van der Waals surface area contributed by atoms with Crippen LogP contribution in [0.3, 0.4) is 0 Å². The summed E-state index contributed by atoms with van der Waals surface area (Å²) in [6, 6.07) is 14.9. The molecule has 0 saturated carbocycles. The number of methoxy groups -OCH3 is 1. The fourth-order valence-electron chi connectivity index (χ4n) is 2.55. The lowest BCUT2D eigenvalue weighted by atomic mass is 10.1. The highest BCUT2D eigenvalue weighted by atomic mass is 16.5. The molecule has 0 fully saturated rings. The van der Waals surface area contributed by atoms with Crippen LogP contribution in [0.5, 0.6) is 5.75 Å². The minimum absolute atomic E-state index is 0.126. The van der Waals surface area contributed by atoms with Crippen LogP contribution in [0, 0.1) is 5.92 Å². The number of ether oxygens (including phenoxy) is 1. The Kier molecular flexibility index (Phi) is 5.37. The van der Waals surface area contributed by atoms with Crippen LogP contribution in [-0.2, 0) is 0 Å². The zero-order chi connectivity index (χ0) is 18.5. The van der Waals surface area contributed by atoms with Gasteiger partial charge in [0.15, 0.2) is 5.76 Å². The maximum absolute atomic E-state index is 12.5. The van der Waals surface area contributed by atoms with E-state index in [2.05, 4.69) is 24.1 Å². The van der Waals surface area contributed by atoms with Gasteiger partial charge < -0.3 is 14.5 Å². The first-order valence-electron chi connectivity index (χ1n) is 8.56. The Morgan fingerprint density at radius 3 is 2.58 bits per heavy atom. The number of aromatic nitrogens is 1. The van der Waals surface area contributed by atoms with Gasteiger partial charge in [-0.2, -0.15) is 0 Å². The molecule has 1 aromatic heterocycles. The van der Waals surface area contributed by atoms with Crippen LogP contribution in [0.25, 0.3) is 22.8 Å². The molecule has 2 aromatic carbocycles. The fourth-order valence-corrected chi connectivity index (χ4v) is 2.55. The van der Waals surface area contributed by atoms with Gasteiger partial charge in [0, 0.05) is 17.7 Å². The molecule has 134 valence electrons. The molecule has 3 aromatic rings. The molecule has 5 nitrogen and oxygen atoms in total. The van der Waals surface area contributed by atoms with Gasteiger partial charge >= 0.3 is 0 Å². The summed E-state index contributed by atoms with van der Waals surface area (Å²) in [5.41, 5.74) is 2.12. The number of amides is 1. The molecule has 0 spiro atoms. The van der Waals surface area contributed by atoms with E-state index < -0.39 is 0 Å². The Bertz CT molecular complexity index is 882. The van der Waals surface area contributed by atoms with Crippen LogP contribution in [0.4, 0.5) is 0 Å². The summed E-state index contributed by atoms with van der Waals surface area (Å²) in [4.78, 5) is 16.9. The van der Waals surface area contributed by atoms with E-state index in [-0.39, 0.29) is 5.91 Å². The lowest BCUT2D eigenvalue weighted by molar-refractivity contribution is 0.0949. The Morgan fingerprint density at radius 1 is 1.15 bits per heavy atom. The summed E-state index contributed by atoms with van der Waals surface area (Å²) in [5.74, 6) is 2.10. The standard InChI is InChI=1S/C21H22N2O3/c1-14(2)12-22-20(24)17-6-4-5-7-18(17)21-23-13-19(26-21)15-8-10-16(25-3)11-9-15/h4-11,13-14H,12H2,1-3H3,(H,22,24). The number of rotatable bonds is 6. The van der Waals surface area contributed by atoms with Crippen LogP contribution in [-0.4, -0.2) is 24.5 Å². The maximum atomic E-state index is 12.5. The summed E-state index contributed by atoms with van der Waals surface area (Å²) in [7, 11) is 1.63. The van der Waals surface area contributed by atoms with E-state index in [1.165, 1.54) is 0 Å². The van der Waals surface area contributed by atoms with Crippen molar-refractivity contribution >= 4 is 5.91 Å². The van der Waals surface area contributed by atoms with Crippen molar-refractivity contribution in [3.63, 3.8) is 0 Å². The largest absolute Gasteiger partial charge is 0.497 e. The summed E-state index contributed by atoms with van der Waals surface area (Å²) in [6.45, 7) is 4.73. The van der Waals surface area contributed by atoms with Crippen molar-refractivity contribution in [2.75, 3.05) is 13.7 Å². The van der Waals surface area contributed by atoms with E-state index in [0.29, 0.717) is 35.2 Å². The molecular formula is C21H22N2O3. The maximum Gasteiger partial charge on any atom is 0.252 e. The average molecular weight is 350 g/mol. The fraction of sp³-hybridized carbons (Fsp3) is 0.238. The van der Waals surface area contributed by atoms with E-state index in [0.717, 1.165) is 11.3 Å². The average Bonchev–Trinajstić information content (AvgIpc) is 3.16. The molecule has 0 aliphatic carbocycles. The molecule has 0 radical (unpaired) electrons. The second-order valence-electron chi connectivity index (χ2n) is 6.41. The summed E-state index contributed by atoms with van der Waals surface area (Å²) in [5, 5.41) is 2.94. The van der Waals surface area contributed by atoms with Crippen molar-refractivity contribution in [2.24, 2.45) is 5.92 Å². The molecule has 0 aliphatic rings. The Balaban J connectivity index is 1.88. The molecule has 0 bridgehead atoms. The predicted molar refractivity (Wildman–Crippen MR) is 101 cm³/mol. The van der Waals surface area contributed by atoms with Gasteiger partial charge in [0.25, 0.3) is 5.91 Å². The summed E-state index contributed by atoms with van der Waals surface area (Å²) < 4.78 is 11.1. The van der Waals surface area contributed by atoms with Crippen LogP contribution in [0.2, 0.25) is 0 Å². The smallest absolute Gasteiger partial charge is 0.252 e. The molecular weight excluding hydrogens is 328 g/mol. The minimum atomic E-state index is -0.126. The predicted octanol–water partition coefficient (Wildman–Crippen LogP) is 4.40. The van der Waals surface area contributed by atoms with Crippen molar-refractivity contribution in [1.82, 2.24) is 10.3 Å². The third kappa shape index (κ3) is 3.94. The van der Waals surface area contributed by atoms with Crippen molar-refractivity contribution in [1.29, 1.82) is 0 Å². The summed E-state index contributed by atoms with van der Waals surface area (Å²) >= 11 is 0. The van der Waals surface area contributed by atoms with E-state index in [1.807, 2.05) is 42.5 Å². The Hall–Kier alpha value is -3.08. The number of hydrogen-bond donors (Lipinski definition) is 1. The number of carbonyl (C=O) groups excluding carboxylic acids is 1. The van der Waals surface area contributed by atoms with Crippen LogP contribution < -0.4 is 10.1 Å². The van der Waals surface area contributed by atoms with Crippen LogP contribution in [0.15, 0.2) is 59.1 Å². The molecule has 1 heterocycles. The molecule has 26 heavy (non-hydrogen) atoms. The first kappa shape index (κ1) is 17.7. The third-order valence-corrected chi connectivity index (χ3v) is 3.95. The van der Waals surface area contributed by atoms with Gasteiger partial charge in [-0.25, -0.2) is 4.98 Å². The zero-order valence-electron chi connectivity index (χ0n) is 15.2. The first-order valence-corrected chi connectivity index (χ1v) is 8.56. The molecule has 1 amide bonds. The van der Waals surface area contributed by atoms with Crippen molar-refractivity contribution in [3.05, 3.63) is 60.3 Å². The zero-order valence-corrected chi connectivity index (χ0v) is 15.2. The molecule has 0 saturated heterocycles. The molecule has 0 aliphatic heterocycles. The number of nitrogens with one attached hydrogen (secondary N) is 1. The lowest BCUT2D eigenvalue weighted by Crippen LogP contribution is -2.27. The quantitative estimate of drug-likeness (QED) is 0.715. The van der Waals surface area contributed by atoms with Gasteiger partial charge in [-0.3, -0.25) is 4.79 Å². The Labute approximate surface area is 153 Å². The third-order valence-electron chi connectivity index (χ3n) is 3.95. The lowest BCUT2D eigenvalue weighted by Gasteiger charge is -2.09. The molecule has 0 atom stereocenters. The number of nitrogens with zero attached hydrogens (tertiary/aromatic N) is 1. The topological polar surface area (TPSA) is 64.4 Å². The number of benzene rings is 2. The van der Waals surface area contributed by atoms with Gasteiger partial charge in [-0.1, -0.05) is 26.0 Å².